The lowest BCUT2D eigenvalue weighted by Crippen LogP contribution is -2.36. The van der Waals surface area contributed by atoms with Gasteiger partial charge in [-0.3, -0.25) is 4.79 Å². The van der Waals surface area contributed by atoms with E-state index < -0.39 is 5.97 Å². The van der Waals surface area contributed by atoms with Gasteiger partial charge in [0.25, 0.3) is 0 Å². The van der Waals surface area contributed by atoms with Gasteiger partial charge in [-0.05, 0) is 12.8 Å². The molecule has 0 aromatic carbocycles. The molecule has 1 saturated carbocycles. The average Bonchev–Trinajstić information content (AvgIpc) is 2.94. The molecule has 0 bridgehead atoms. The number of amides is 2. The molecule has 0 aliphatic heterocycles. The first-order chi connectivity index (χ1) is 8.13. The van der Waals surface area contributed by atoms with Gasteiger partial charge in [0.05, 0.1) is 12.7 Å². The molecule has 0 spiro atoms. The molecule has 1 aliphatic rings. The van der Waals surface area contributed by atoms with E-state index in [2.05, 4.69) is 20.9 Å². The third kappa shape index (κ3) is 3.74. The van der Waals surface area contributed by atoms with Gasteiger partial charge in [0.1, 0.15) is 12.2 Å². The van der Waals surface area contributed by atoms with E-state index >= 15 is 0 Å². The Bertz CT molecular complexity index is 426. The zero-order chi connectivity index (χ0) is 12.3. The third-order valence-corrected chi connectivity index (χ3v) is 2.23. The van der Waals surface area contributed by atoms with Crippen LogP contribution < -0.4 is 10.6 Å². The van der Waals surface area contributed by atoms with E-state index in [9.17, 15) is 9.59 Å². The van der Waals surface area contributed by atoms with Crippen LogP contribution in [0.1, 0.15) is 18.5 Å². The topological polar surface area (TPSA) is 109 Å². The van der Waals surface area contributed by atoms with Crippen molar-refractivity contribution in [3.8, 4) is 0 Å². The largest absolute Gasteiger partial charge is 0.480 e. The van der Waals surface area contributed by atoms with Gasteiger partial charge in [0.15, 0.2) is 0 Å². The predicted octanol–water partition coefficient (Wildman–Crippen LogP) is -0.676. The molecule has 8 heteroatoms. The van der Waals surface area contributed by atoms with E-state index in [4.69, 9.17) is 5.11 Å². The van der Waals surface area contributed by atoms with Crippen LogP contribution in [-0.2, 0) is 17.9 Å². The molecule has 1 heterocycles. The van der Waals surface area contributed by atoms with Crippen LogP contribution in [-0.4, -0.2) is 38.1 Å². The third-order valence-electron chi connectivity index (χ3n) is 2.23. The summed E-state index contributed by atoms with van der Waals surface area (Å²) < 4.78 is 1.21. The second kappa shape index (κ2) is 4.81. The maximum atomic E-state index is 11.3. The van der Waals surface area contributed by atoms with Gasteiger partial charge in [-0.1, -0.05) is 5.21 Å². The van der Waals surface area contributed by atoms with Crippen molar-refractivity contribution in [2.75, 3.05) is 0 Å². The van der Waals surface area contributed by atoms with Crippen LogP contribution in [0.3, 0.4) is 0 Å². The van der Waals surface area contributed by atoms with Crippen molar-refractivity contribution in [2.45, 2.75) is 32.0 Å². The summed E-state index contributed by atoms with van der Waals surface area (Å²) in [6.45, 7) is -0.000553. The summed E-state index contributed by atoms with van der Waals surface area (Å²) in [6, 6.07) is 0.0676. The minimum absolute atomic E-state index is 0.234. The van der Waals surface area contributed by atoms with Crippen molar-refractivity contribution in [3.63, 3.8) is 0 Å². The van der Waals surface area contributed by atoms with Gasteiger partial charge in [-0.15, -0.1) is 5.10 Å². The number of carboxylic acid groups (broad SMARTS) is 1. The van der Waals surface area contributed by atoms with Crippen LogP contribution in [0.5, 0.6) is 0 Å². The Morgan fingerprint density at radius 2 is 2.29 bits per heavy atom. The highest BCUT2D eigenvalue weighted by Gasteiger charge is 2.22. The van der Waals surface area contributed by atoms with E-state index in [1.165, 1.54) is 10.9 Å². The Labute approximate surface area is 97.0 Å². The van der Waals surface area contributed by atoms with Crippen LogP contribution in [0.4, 0.5) is 4.79 Å². The Balaban J connectivity index is 1.75. The van der Waals surface area contributed by atoms with Crippen LogP contribution in [0.25, 0.3) is 0 Å². The molecule has 0 atom stereocenters. The number of aromatic nitrogens is 3. The van der Waals surface area contributed by atoms with E-state index in [-0.39, 0.29) is 19.1 Å². The molecule has 92 valence electrons. The Morgan fingerprint density at radius 1 is 1.53 bits per heavy atom. The smallest absolute Gasteiger partial charge is 0.325 e. The summed E-state index contributed by atoms with van der Waals surface area (Å²) in [5.41, 5.74) is 0.525. The van der Waals surface area contributed by atoms with Gasteiger partial charge in [-0.2, -0.15) is 0 Å². The standard InChI is InChI=1S/C9H13N5O3/c15-8(16)5-14-4-7(12-13-14)3-10-9(17)11-6-1-2-6/h4,6H,1-3,5H2,(H,15,16)(H2,10,11,17). The fourth-order valence-electron chi connectivity index (χ4n) is 1.27. The van der Waals surface area contributed by atoms with Gasteiger partial charge in [0, 0.05) is 6.04 Å². The first-order valence-corrected chi connectivity index (χ1v) is 5.28. The maximum absolute atomic E-state index is 11.3. The minimum atomic E-state index is -0.985. The van der Waals surface area contributed by atoms with Crippen molar-refractivity contribution >= 4 is 12.0 Å². The molecular formula is C9H13N5O3. The molecule has 17 heavy (non-hydrogen) atoms. The summed E-state index contributed by atoms with van der Waals surface area (Å²) >= 11 is 0. The van der Waals surface area contributed by atoms with Crippen LogP contribution in [0, 0.1) is 0 Å². The van der Waals surface area contributed by atoms with E-state index in [1.54, 1.807) is 0 Å². The SMILES string of the molecule is O=C(O)Cn1cc(CNC(=O)NC2CC2)nn1. The molecule has 1 aromatic rings. The molecule has 2 amide bonds. The highest BCUT2D eigenvalue weighted by atomic mass is 16.4. The van der Waals surface area contributed by atoms with Gasteiger partial charge in [0.2, 0.25) is 0 Å². The zero-order valence-electron chi connectivity index (χ0n) is 9.09. The van der Waals surface area contributed by atoms with Crippen molar-refractivity contribution in [3.05, 3.63) is 11.9 Å². The molecule has 1 fully saturated rings. The highest BCUT2D eigenvalue weighted by Crippen LogP contribution is 2.18. The lowest BCUT2D eigenvalue weighted by atomic mass is 10.4. The maximum Gasteiger partial charge on any atom is 0.325 e. The molecule has 0 radical (unpaired) electrons. The number of hydrogen-bond donors (Lipinski definition) is 3. The van der Waals surface area contributed by atoms with Crippen molar-refractivity contribution < 1.29 is 14.7 Å². The normalized spacial score (nSPS) is 14.4. The second-order valence-corrected chi connectivity index (χ2v) is 3.90. The monoisotopic (exact) mass is 239 g/mol. The Morgan fingerprint density at radius 3 is 2.94 bits per heavy atom. The number of carbonyl (C=O) groups is 2. The first-order valence-electron chi connectivity index (χ1n) is 5.28. The lowest BCUT2D eigenvalue weighted by Gasteiger charge is -2.03. The molecule has 0 unspecified atom stereocenters. The number of rotatable bonds is 5. The van der Waals surface area contributed by atoms with Crippen LogP contribution >= 0.6 is 0 Å². The van der Waals surface area contributed by atoms with E-state index in [1.807, 2.05) is 0 Å². The number of nitrogens with one attached hydrogen (secondary N) is 2. The molecule has 0 saturated heterocycles. The van der Waals surface area contributed by atoms with E-state index in [0.717, 1.165) is 12.8 Å². The summed E-state index contributed by atoms with van der Waals surface area (Å²) in [4.78, 5) is 21.7. The number of nitrogens with zero attached hydrogens (tertiary/aromatic N) is 3. The van der Waals surface area contributed by atoms with Crippen LogP contribution in [0.2, 0.25) is 0 Å². The van der Waals surface area contributed by atoms with Gasteiger partial charge in [-0.25, -0.2) is 9.48 Å². The molecule has 1 aromatic heterocycles. The number of carboxylic acids is 1. The Kier molecular flexibility index (Phi) is 3.22. The van der Waals surface area contributed by atoms with Crippen molar-refractivity contribution in [1.29, 1.82) is 0 Å². The minimum Gasteiger partial charge on any atom is -0.480 e. The fraction of sp³-hybridized carbons (Fsp3) is 0.556. The molecule has 8 nitrogen and oxygen atoms in total. The van der Waals surface area contributed by atoms with Gasteiger partial charge < -0.3 is 15.7 Å². The summed E-state index contributed by atoms with van der Waals surface area (Å²) in [6.07, 6.45) is 3.55. The molecular weight excluding hydrogens is 226 g/mol. The first kappa shape index (κ1) is 11.4. The Hall–Kier alpha value is -2.12. The zero-order valence-corrected chi connectivity index (χ0v) is 9.09. The molecule has 2 rings (SSSR count). The average molecular weight is 239 g/mol. The van der Waals surface area contributed by atoms with Crippen LogP contribution in [0.15, 0.2) is 6.20 Å². The number of aliphatic carboxylic acids is 1. The summed E-state index contributed by atoms with van der Waals surface area (Å²) in [5, 5.41) is 21.3. The highest BCUT2D eigenvalue weighted by molar-refractivity contribution is 5.74. The number of hydrogen-bond acceptors (Lipinski definition) is 4. The van der Waals surface area contributed by atoms with Crippen molar-refractivity contribution in [1.82, 2.24) is 25.6 Å². The quantitative estimate of drug-likeness (QED) is 0.631. The second-order valence-electron chi connectivity index (χ2n) is 3.90. The van der Waals surface area contributed by atoms with E-state index in [0.29, 0.717) is 11.7 Å². The number of carbonyl (C=O) groups excluding carboxylic acids is 1. The molecule has 1 aliphatic carbocycles. The predicted molar refractivity (Wildman–Crippen MR) is 56.1 cm³/mol. The molecule has 3 N–H and O–H groups in total. The fourth-order valence-corrected chi connectivity index (χ4v) is 1.27. The number of urea groups is 1. The van der Waals surface area contributed by atoms with Gasteiger partial charge >= 0.3 is 12.0 Å². The summed E-state index contributed by atoms with van der Waals surface area (Å²) in [7, 11) is 0. The lowest BCUT2D eigenvalue weighted by molar-refractivity contribution is -0.137. The summed E-state index contributed by atoms with van der Waals surface area (Å²) in [5.74, 6) is -0.985. The van der Waals surface area contributed by atoms with Crippen molar-refractivity contribution in [2.24, 2.45) is 0 Å².